The first-order valence-electron chi connectivity index (χ1n) is 11.0. The van der Waals surface area contributed by atoms with Crippen LogP contribution in [0.2, 0.25) is 0 Å². The molecule has 0 saturated heterocycles. The number of benzene rings is 3. The number of ether oxygens (including phenoxy) is 1. The van der Waals surface area contributed by atoms with E-state index < -0.39 is 52.3 Å². The zero-order chi connectivity index (χ0) is 25.5. The van der Waals surface area contributed by atoms with Crippen LogP contribution < -0.4 is 4.74 Å². The third-order valence-electron chi connectivity index (χ3n) is 6.34. The quantitative estimate of drug-likeness (QED) is 0.252. The number of alkyl halides is 2. The minimum Gasteiger partial charge on any atom is -0.423 e. The Morgan fingerprint density at radius 1 is 0.714 bits per heavy atom. The zero-order valence-corrected chi connectivity index (χ0v) is 18.5. The van der Waals surface area contributed by atoms with Crippen LogP contribution in [0.3, 0.4) is 0 Å². The maximum Gasteiger partial charge on any atom is 0.427 e. The molecule has 1 fully saturated rings. The Morgan fingerprint density at radius 3 is 1.83 bits per heavy atom. The number of hydrogen-bond donors (Lipinski definition) is 0. The molecule has 0 heterocycles. The van der Waals surface area contributed by atoms with E-state index in [1.807, 2.05) is 0 Å². The lowest BCUT2D eigenvalue weighted by Gasteiger charge is -2.26. The van der Waals surface area contributed by atoms with Crippen molar-refractivity contribution in [2.45, 2.75) is 44.6 Å². The second-order valence-electron chi connectivity index (χ2n) is 8.84. The molecule has 0 radical (unpaired) electrons. The lowest BCUT2D eigenvalue weighted by molar-refractivity contribution is -0.188. The summed E-state index contributed by atoms with van der Waals surface area (Å²) in [5.41, 5.74) is -1.11. The van der Waals surface area contributed by atoms with Gasteiger partial charge in [-0.05, 0) is 66.1 Å². The van der Waals surface area contributed by atoms with Crippen LogP contribution in [0.1, 0.15) is 49.7 Å². The van der Waals surface area contributed by atoms with Crippen LogP contribution in [-0.2, 0) is 6.11 Å². The molecule has 0 atom stereocenters. The third kappa shape index (κ3) is 5.13. The van der Waals surface area contributed by atoms with E-state index in [1.54, 1.807) is 6.07 Å². The van der Waals surface area contributed by atoms with E-state index in [4.69, 9.17) is 0 Å². The maximum absolute atomic E-state index is 14.8. The van der Waals surface area contributed by atoms with Gasteiger partial charge >= 0.3 is 6.11 Å². The largest absolute Gasteiger partial charge is 0.427 e. The van der Waals surface area contributed by atoms with E-state index in [0.29, 0.717) is 18.1 Å². The van der Waals surface area contributed by atoms with Gasteiger partial charge in [0.15, 0.2) is 34.8 Å². The van der Waals surface area contributed by atoms with Gasteiger partial charge in [-0.2, -0.15) is 8.78 Å². The van der Waals surface area contributed by atoms with Crippen molar-refractivity contribution in [1.29, 1.82) is 0 Å². The minimum atomic E-state index is -4.61. The molecule has 0 amide bonds. The summed E-state index contributed by atoms with van der Waals surface area (Å²) in [4.78, 5) is 0. The van der Waals surface area contributed by atoms with Gasteiger partial charge in [-0.3, -0.25) is 0 Å². The average Bonchev–Trinajstić information content (AvgIpc) is 2.80. The number of hydrogen-bond acceptors (Lipinski definition) is 1. The molecular formula is C26H20F8O. The van der Waals surface area contributed by atoms with Crippen molar-refractivity contribution in [3.8, 4) is 16.9 Å². The third-order valence-corrected chi connectivity index (χ3v) is 6.34. The lowest BCUT2D eigenvalue weighted by atomic mass is 9.79. The van der Waals surface area contributed by atoms with Crippen molar-refractivity contribution in [2.24, 2.45) is 5.92 Å². The van der Waals surface area contributed by atoms with E-state index >= 15 is 0 Å². The molecule has 1 aliphatic carbocycles. The van der Waals surface area contributed by atoms with Crippen molar-refractivity contribution in [2.75, 3.05) is 0 Å². The van der Waals surface area contributed by atoms with E-state index in [1.165, 1.54) is 12.1 Å². The van der Waals surface area contributed by atoms with Gasteiger partial charge in [0.2, 0.25) is 0 Å². The Hall–Kier alpha value is -3.10. The van der Waals surface area contributed by atoms with Gasteiger partial charge in [0.25, 0.3) is 0 Å². The molecule has 1 nitrogen and oxygen atoms in total. The number of halogens is 8. The van der Waals surface area contributed by atoms with Crippen LogP contribution in [0.5, 0.6) is 5.75 Å². The highest BCUT2D eigenvalue weighted by molar-refractivity contribution is 5.66. The Labute approximate surface area is 196 Å². The van der Waals surface area contributed by atoms with Gasteiger partial charge in [0, 0.05) is 5.56 Å². The van der Waals surface area contributed by atoms with E-state index in [-0.39, 0.29) is 29.2 Å². The highest BCUT2D eigenvalue weighted by Crippen LogP contribution is 2.39. The molecule has 0 aliphatic heterocycles. The standard InChI is InChI=1S/C26H20F8O/c1-13-2-4-14(5-3-13)15-6-7-18(19(27)8-15)16-9-22(30)25(23(31)10-16)35-26(33,34)17-11-20(28)24(32)21(29)12-17/h6-14H,2-5H2,1H3. The lowest BCUT2D eigenvalue weighted by Crippen LogP contribution is -2.24. The summed E-state index contributed by atoms with van der Waals surface area (Å²) in [6, 6.07) is 5.48. The highest BCUT2D eigenvalue weighted by atomic mass is 19.3. The molecule has 9 heteroatoms. The van der Waals surface area contributed by atoms with Crippen LogP contribution in [0.15, 0.2) is 42.5 Å². The van der Waals surface area contributed by atoms with Gasteiger partial charge < -0.3 is 4.74 Å². The molecule has 4 rings (SSSR count). The summed E-state index contributed by atoms with van der Waals surface area (Å²) in [6.07, 6.45) is -0.749. The van der Waals surface area contributed by atoms with Gasteiger partial charge in [0.1, 0.15) is 5.82 Å². The molecule has 1 saturated carbocycles. The molecule has 186 valence electrons. The van der Waals surface area contributed by atoms with Crippen molar-refractivity contribution in [3.63, 3.8) is 0 Å². The van der Waals surface area contributed by atoms with E-state index in [9.17, 15) is 35.1 Å². The Balaban J connectivity index is 1.60. The molecule has 0 N–H and O–H groups in total. The fourth-order valence-electron chi connectivity index (χ4n) is 4.34. The molecule has 0 aromatic heterocycles. The Kier molecular flexibility index (Phi) is 6.79. The first kappa shape index (κ1) is 25.0. The zero-order valence-electron chi connectivity index (χ0n) is 18.5. The Bertz CT molecular complexity index is 1200. The molecule has 3 aromatic rings. The second kappa shape index (κ2) is 9.51. The average molecular weight is 500 g/mol. The van der Waals surface area contributed by atoms with Crippen molar-refractivity contribution >= 4 is 0 Å². The minimum absolute atomic E-state index is 0.0491. The second-order valence-corrected chi connectivity index (χ2v) is 8.84. The fourth-order valence-corrected chi connectivity index (χ4v) is 4.34. The molecule has 3 aromatic carbocycles. The van der Waals surface area contributed by atoms with E-state index in [2.05, 4.69) is 11.7 Å². The summed E-state index contributed by atoms with van der Waals surface area (Å²) in [5.74, 6) is -10.5. The van der Waals surface area contributed by atoms with Crippen LogP contribution in [0.4, 0.5) is 35.1 Å². The summed E-state index contributed by atoms with van der Waals surface area (Å²) in [5, 5.41) is 0. The predicted molar refractivity (Wildman–Crippen MR) is 113 cm³/mol. The topological polar surface area (TPSA) is 9.23 Å². The monoisotopic (exact) mass is 500 g/mol. The van der Waals surface area contributed by atoms with Gasteiger partial charge in [0.05, 0.1) is 5.56 Å². The maximum atomic E-state index is 14.8. The van der Waals surface area contributed by atoms with Crippen LogP contribution in [0, 0.1) is 40.8 Å². The summed E-state index contributed by atoms with van der Waals surface area (Å²) in [7, 11) is 0. The summed E-state index contributed by atoms with van der Waals surface area (Å²) >= 11 is 0. The van der Waals surface area contributed by atoms with Crippen LogP contribution >= 0.6 is 0 Å². The fraction of sp³-hybridized carbons (Fsp3) is 0.308. The van der Waals surface area contributed by atoms with Gasteiger partial charge in [-0.1, -0.05) is 31.9 Å². The van der Waals surface area contributed by atoms with Crippen molar-refractivity contribution in [3.05, 3.63) is 88.5 Å². The SMILES string of the molecule is CC1CCC(c2ccc(-c3cc(F)c(OC(F)(F)c4cc(F)c(F)c(F)c4)c(F)c3)c(F)c2)CC1. The molecular weight excluding hydrogens is 480 g/mol. The van der Waals surface area contributed by atoms with Gasteiger partial charge in [-0.15, -0.1) is 0 Å². The van der Waals surface area contributed by atoms with Crippen molar-refractivity contribution in [1.82, 2.24) is 0 Å². The summed E-state index contributed by atoms with van der Waals surface area (Å²) < 4.78 is 116. The smallest absolute Gasteiger partial charge is 0.423 e. The molecule has 35 heavy (non-hydrogen) atoms. The first-order chi connectivity index (χ1) is 16.5. The van der Waals surface area contributed by atoms with Gasteiger partial charge in [-0.25, -0.2) is 26.3 Å². The Morgan fingerprint density at radius 2 is 1.29 bits per heavy atom. The normalized spacial score (nSPS) is 18.5. The molecule has 0 bridgehead atoms. The molecule has 0 unspecified atom stereocenters. The van der Waals surface area contributed by atoms with Crippen LogP contribution in [-0.4, -0.2) is 0 Å². The summed E-state index contributed by atoms with van der Waals surface area (Å²) in [6.45, 7) is 2.16. The molecule has 0 spiro atoms. The van der Waals surface area contributed by atoms with E-state index in [0.717, 1.165) is 31.2 Å². The first-order valence-corrected chi connectivity index (χ1v) is 11.0. The highest BCUT2D eigenvalue weighted by Gasteiger charge is 2.38. The van der Waals surface area contributed by atoms with Crippen molar-refractivity contribution < 1.29 is 39.9 Å². The predicted octanol–water partition coefficient (Wildman–Crippen LogP) is 8.61. The van der Waals surface area contributed by atoms with Crippen LogP contribution in [0.25, 0.3) is 11.1 Å². The number of rotatable bonds is 5. The molecule has 1 aliphatic rings.